The van der Waals surface area contributed by atoms with Crippen molar-refractivity contribution in [3.63, 3.8) is 0 Å². The second kappa shape index (κ2) is 2.45. The lowest BCUT2D eigenvalue weighted by Gasteiger charge is -2.27. The maximum absolute atomic E-state index is 9.55. The molecule has 0 amide bonds. The molecule has 3 aliphatic rings. The zero-order chi connectivity index (χ0) is 12.5. The van der Waals surface area contributed by atoms with E-state index < -0.39 is 22.2 Å². The second-order valence-electron chi connectivity index (χ2n) is 5.12. The Morgan fingerprint density at radius 1 is 1.24 bits per heavy atom. The number of ether oxygens (including phenoxy) is 2. The number of nitrogens with two attached hydrogens (primary N) is 1. The van der Waals surface area contributed by atoms with E-state index in [2.05, 4.69) is 17.1 Å². The highest BCUT2D eigenvalue weighted by molar-refractivity contribution is 5.99. The Labute approximate surface area is 98.6 Å². The van der Waals surface area contributed by atoms with Gasteiger partial charge in [-0.25, -0.2) is 4.99 Å². The zero-order valence-electron chi connectivity index (χ0n) is 9.65. The van der Waals surface area contributed by atoms with Gasteiger partial charge in [0.1, 0.15) is 11.3 Å². The van der Waals surface area contributed by atoms with Crippen LogP contribution in [-0.4, -0.2) is 25.0 Å². The minimum Gasteiger partial charge on any atom is -0.386 e. The fraction of sp³-hybridized carbons (Fsp3) is 0.727. The first-order valence-electron chi connectivity index (χ1n) is 5.42. The van der Waals surface area contributed by atoms with Crippen molar-refractivity contribution >= 4 is 5.84 Å². The molecule has 0 radical (unpaired) electrons. The first-order chi connectivity index (χ1) is 7.96. The van der Waals surface area contributed by atoms with Crippen LogP contribution in [-0.2, 0) is 9.47 Å². The Bertz CT molecular complexity index is 521. The van der Waals surface area contributed by atoms with Crippen molar-refractivity contribution in [3.05, 3.63) is 0 Å². The zero-order valence-corrected chi connectivity index (χ0v) is 9.65. The first kappa shape index (κ1) is 10.5. The molecule has 0 aromatic heterocycles. The Morgan fingerprint density at radius 3 is 2.24 bits per heavy atom. The summed E-state index contributed by atoms with van der Waals surface area (Å²) >= 11 is 0. The highest BCUT2D eigenvalue weighted by Crippen LogP contribution is 2.85. The molecule has 2 N–H and O–H groups in total. The van der Waals surface area contributed by atoms with Gasteiger partial charge in [0.05, 0.1) is 25.4 Å². The average Bonchev–Trinajstić information content (AvgIpc) is 2.63. The van der Waals surface area contributed by atoms with Crippen molar-refractivity contribution < 1.29 is 9.47 Å². The van der Waals surface area contributed by atoms with Crippen LogP contribution in [0.3, 0.4) is 0 Å². The van der Waals surface area contributed by atoms with Crippen LogP contribution in [0.4, 0.5) is 0 Å². The van der Waals surface area contributed by atoms with Crippen LogP contribution in [0.5, 0.6) is 0 Å². The highest BCUT2D eigenvalue weighted by atomic mass is 16.8. The molecule has 0 aromatic carbocycles. The van der Waals surface area contributed by atoms with E-state index in [-0.39, 0.29) is 5.84 Å². The summed E-state index contributed by atoms with van der Waals surface area (Å²) in [6.45, 7) is 4.37. The normalized spacial score (nSPS) is 43.6. The molecule has 6 heteroatoms. The lowest BCUT2D eigenvalue weighted by Crippen LogP contribution is -2.40. The van der Waals surface area contributed by atoms with Crippen molar-refractivity contribution in [2.45, 2.75) is 19.8 Å². The van der Waals surface area contributed by atoms with Crippen LogP contribution in [0.1, 0.15) is 13.8 Å². The van der Waals surface area contributed by atoms with E-state index in [0.717, 1.165) is 0 Å². The molecule has 2 fully saturated rings. The van der Waals surface area contributed by atoms with E-state index in [1.165, 1.54) is 0 Å². The molecular weight excluding hydrogens is 220 g/mol. The molecular formula is C11H12N4O2. The van der Waals surface area contributed by atoms with Gasteiger partial charge in [-0.2, -0.15) is 10.5 Å². The van der Waals surface area contributed by atoms with Gasteiger partial charge < -0.3 is 15.2 Å². The molecule has 0 bridgehead atoms. The molecule has 3 rings (SSSR count). The maximum Gasteiger partial charge on any atom is 0.293 e. The van der Waals surface area contributed by atoms with E-state index in [9.17, 15) is 10.5 Å². The predicted octanol–water partition coefficient (Wildman–Crippen LogP) is 0.118. The molecule has 0 aromatic rings. The minimum atomic E-state index is -1.38. The summed E-state index contributed by atoms with van der Waals surface area (Å²) in [4.78, 5) is 4.14. The fourth-order valence-electron chi connectivity index (χ4n) is 3.60. The summed E-state index contributed by atoms with van der Waals surface area (Å²) in [7, 11) is 0. The van der Waals surface area contributed by atoms with Crippen LogP contribution in [0, 0.1) is 38.9 Å². The van der Waals surface area contributed by atoms with Crippen molar-refractivity contribution in [2.24, 2.45) is 27.0 Å². The van der Waals surface area contributed by atoms with Gasteiger partial charge in [0.15, 0.2) is 5.41 Å². The summed E-state index contributed by atoms with van der Waals surface area (Å²) in [5.74, 6) is -1.24. The first-order valence-corrected chi connectivity index (χ1v) is 5.42. The molecule has 17 heavy (non-hydrogen) atoms. The average molecular weight is 232 g/mol. The SMILES string of the molecule is CC1(C)[C@@]2(C#N)C3(N=C(N)[C@@]12C#N)OCCO3. The molecule has 1 spiro atoms. The van der Waals surface area contributed by atoms with E-state index in [4.69, 9.17) is 15.2 Å². The van der Waals surface area contributed by atoms with Gasteiger partial charge >= 0.3 is 0 Å². The van der Waals surface area contributed by atoms with E-state index in [1.807, 2.05) is 13.8 Å². The summed E-state index contributed by atoms with van der Waals surface area (Å²) in [5.41, 5.74) is 3.01. The third kappa shape index (κ3) is 0.645. The second-order valence-corrected chi connectivity index (χ2v) is 5.12. The number of fused-ring (bicyclic) bond motifs is 2. The van der Waals surface area contributed by atoms with Gasteiger partial charge in [-0.1, -0.05) is 13.8 Å². The van der Waals surface area contributed by atoms with Crippen LogP contribution < -0.4 is 5.73 Å². The van der Waals surface area contributed by atoms with Crippen molar-refractivity contribution in [1.82, 2.24) is 0 Å². The Balaban J connectivity index is 2.28. The number of aliphatic imine (C=N–C) groups is 1. The topological polar surface area (TPSA) is 104 Å². The van der Waals surface area contributed by atoms with Crippen molar-refractivity contribution in [2.75, 3.05) is 13.2 Å². The number of rotatable bonds is 0. The summed E-state index contributed by atoms with van der Waals surface area (Å²) in [5, 5.41) is 19.0. The van der Waals surface area contributed by atoms with Gasteiger partial charge in [0, 0.05) is 5.41 Å². The summed E-state index contributed by atoms with van der Waals surface area (Å²) in [6, 6.07) is 4.35. The van der Waals surface area contributed by atoms with Crippen molar-refractivity contribution in [3.8, 4) is 12.1 Å². The molecule has 1 saturated heterocycles. The van der Waals surface area contributed by atoms with E-state index in [1.54, 1.807) is 0 Å². The largest absolute Gasteiger partial charge is 0.386 e. The lowest BCUT2D eigenvalue weighted by atomic mass is 9.93. The highest BCUT2D eigenvalue weighted by Gasteiger charge is 2.98. The number of nitrogens with zero attached hydrogens (tertiary/aromatic N) is 3. The Kier molecular flexibility index (Phi) is 1.52. The lowest BCUT2D eigenvalue weighted by molar-refractivity contribution is -0.190. The molecule has 1 saturated carbocycles. The Morgan fingerprint density at radius 2 is 1.82 bits per heavy atom. The van der Waals surface area contributed by atoms with Crippen molar-refractivity contribution in [1.29, 1.82) is 10.5 Å². The van der Waals surface area contributed by atoms with E-state index in [0.29, 0.717) is 13.2 Å². The van der Waals surface area contributed by atoms with Gasteiger partial charge in [-0.3, -0.25) is 0 Å². The quantitative estimate of drug-likeness (QED) is 0.638. The molecule has 2 aliphatic heterocycles. The smallest absolute Gasteiger partial charge is 0.293 e. The molecule has 88 valence electrons. The van der Waals surface area contributed by atoms with Gasteiger partial charge in [-0.05, 0) is 0 Å². The van der Waals surface area contributed by atoms with Gasteiger partial charge in [-0.15, -0.1) is 0 Å². The van der Waals surface area contributed by atoms with Crippen LogP contribution in [0.15, 0.2) is 4.99 Å². The molecule has 2 atom stereocenters. The molecule has 1 aliphatic carbocycles. The fourth-order valence-corrected chi connectivity index (χ4v) is 3.60. The van der Waals surface area contributed by atoms with Gasteiger partial charge in [0.25, 0.3) is 5.91 Å². The summed E-state index contributed by atoms with van der Waals surface area (Å²) < 4.78 is 11.0. The predicted molar refractivity (Wildman–Crippen MR) is 56.1 cm³/mol. The number of amidine groups is 1. The molecule has 0 unspecified atom stereocenters. The minimum absolute atomic E-state index is 0.147. The van der Waals surface area contributed by atoms with Crippen LogP contribution in [0.2, 0.25) is 0 Å². The van der Waals surface area contributed by atoms with Crippen LogP contribution in [0.25, 0.3) is 0 Å². The monoisotopic (exact) mass is 232 g/mol. The third-order valence-corrected chi connectivity index (χ3v) is 4.51. The maximum atomic E-state index is 9.55. The molecule has 6 nitrogen and oxygen atoms in total. The van der Waals surface area contributed by atoms with E-state index >= 15 is 0 Å². The number of nitriles is 2. The standard InChI is InChI=1S/C11H12N4O2/c1-8(2)9(5-12)7(14)15-11(10(8,9)6-13)16-3-4-17-11/h3-4H2,1-2H3,(H2,14,15)/t9-,10+/m0/s1. The summed E-state index contributed by atoms with van der Waals surface area (Å²) in [6.07, 6.45) is 0. The van der Waals surface area contributed by atoms with Crippen LogP contribution >= 0.6 is 0 Å². The Hall–Kier alpha value is -1.63. The number of hydrogen-bond donors (Lipinski definition) is 1. The third-order valence-electron chi connectivity index (χ3n) is 4.51. The van der Waals surface area contributed by atoms with Gasteiger partial charge in [0.2, 0.25) is 0 Å². The number of hydrogen-bond acceptors (Lipinski definition) is 6. The molecule has 2 heterocycles.